The summed E-state index contributed by atoms with van der Waals surface area (Å²) >= 11 is 4.03. The minimum absolute atomic E-state index is 0.0174. The average Bonchev–Trinajstić information content (AvgIpc) is 3.59. The zero-order valence-corrected chi connectivity index (χ0v) is 23.9. The largest absolute Gasteiger partial charge is 0.494 e. The molecule has 10 heteroatoms. The van der Waals surface area contributed by atoms with Crippen molar-refractivity contribution in [1.29, 1.82) is 0 Å². The summed E-state index contributed by atoms with van der Waals surface area (Å²) < 4.78 is 7.94. The molecule has 2 aromatic rings. The van der Waals surface area contributed by atoms with E-state index in [0.717, 1.165) is 62.9 Å². The number of hydrogen-bond donors (Lipinski definition) is 4. The van der Waals surface area contributed by atoms with E-state index in [1.165, 1.54) is 5.69 Å². The van der Waals surface area contributed by atoms with Crippen molar-refractivity contribution in [2.45, 2.75) is 57.9 Å². The summed E-state index contributed by atoms with van der Waals surface area (Å²) in [4.78, 5) is 48.3. The molecule has 0 bridgehead atoms. The van der Waals surface area contributed by atoms with Crippen LogP contribution in [-0.4, -0.2) is 59.9 Å². The van der Waals surface area contributed by atoms with Gasteiger partial charge in [-0.3, -0.25) is 19.2 Å². The smallest absolute Gasteiger partial charge is 0.239 e. The number of fused-ring (bicyclic) bond motifs is 1. The molecule has 0 saturated heterocycles. The number of unbranched alkanes of at least 4 members (excludes halogenated alkanes) is 4. The fraction of sp³-hybridized carbons (Fsp3) is 0.467. The topological polar surface area (TPSA) is 119 Å². The van der Waals surface area contributed by atoms with Crippen molar-refractivity contribution in [3.8, 4) is 5.75 Å². The Hall–Kier alpha value is -3.53. The zero-order valence-electron chi connectivity index (χ0n) is 23.0. The van der Waals surface area contributed by atoms with Crippen molar-refractivity contribution >= 4 is 36.0 Å². The molecule has 0 fully saturated rings. The van der Waals surface area contributed by atoms with E-state index in [9.17, 15) is 19.2 Å². The maximum atomic E-state index is 12.8. The van der Waals surface area contributed by atoms with Crippen LogP contribution in [0.3, 0.4) is 0 Å². The van der Waals surface area contributed by atoms with Gasteiger partial charge in [0, 0.05) is 35.7 Å². The Bertz CT molecular complexity index is 1180. The number of carbonyl (C=O) groups excluding carboxylic acids is 4. The maximum absolute atomic E-state index is 12.8. The molecular weight excluding hydrogens is 528 g/mol. The maximum Gasteiger partial charge on any atom is 0.239 e. The van der Waals surface area contributed by atoms with Crippen LogP contribution < -0.4 is 20.7 Å². The summed E-state index contributed by atoms with van der Waals surface area (Å²) in [6.07, 6.45) is 7.15. The summed E-state index contributed by atoms with van der Waals surface area (Å²) in [6.45, 7) is 4.99. The Morgan fingerprint density at radius 2 is 1.52 bits per heavy atom. The van der Waals surface area contributed by atoms with Gasteiger partial charge in [0.25, 0.3) is 0 Å². The monoisotopic (exact) mass is 568 g/mol. The van der Waals surface area contributed by atoms with Crippen LogP contribution in [-0.2, 0) is 27.3 Å². The van der Waals surface area contributed by atoms with Gasteiger partial charge in [-0.05, 0) is 62.1 Å². The van der Waals surface area contributed by atoms with Gasteiger partial charge in [0.05, 0.1) is 31.9 Å². The minimum Gasteiger partial charge on any atom is -0.494 e. The molecule has 0 aliphatic carbocycles. The van der Waals surface area contributed by atoms with Crippen molar-refractivity contribution in [1.82, 2.24) is 20.5 Å². The molecule has 0 unspecified atom stereocenters. The Kier molecular flexibility index (Phi) is 12.8. The second-order valence-electron chi connectivity index (χ2n) is 9.89. The van der Waals surface area contributed by atoms with E-state index < -0.39 is 5.91 Å². The summed E-state index contributed by atoms with van der Waals surface area (Å²) in [5.74, 6) is 0.445. The van der Waals surface area contributed by atoms with Gasteiger partial charge < -0.3 is 25.3 Å². The lowest BCUT2D eigenvalue weighted by molar-refractivity contribution is -0.127. The quantitative estimate of drug-likeness (QED) is 0.117. The Labute approximate surface area is 241 Å². The molecule has 2 amide bonds. The first-order chi connectivity index (χ1) is 19.4. The van der Waals surface area contributed by atoms with Gasteiger partial charge in [-0.1, -0.05) is 25.8 Å². The van der Waals surface area contributed by atoms with E-state index in [1.54, 1.807) is 0 Å². The average molecular weight is 569 g/mol. The van der Waals surface area contributed by atoms with E-state index in [0.29, 0.717) is 30.0 Å². The molecule has 9 nitrogen and oxygen atoms in total. The molecule has 1 aliphatic rings. The lowest BCUT2D eigenvalue weighted by Crippen LogP contribution is -2.41. The van der Waals surface area contributed by atoms with Crippen molar-refractivity contribution < 1.29 is 23.9 Å². The molecule has 0 radical (unpaired) electrons. The zero-order chi connectivity index (χ0) is 28.7. The SMILES string of the molecule is C=C(CS)NCC(=O)NCC(=O)NCC(=O)CCCCCCCOc1ccc(C(=O)c2ccc3n2CCC3)cc1. The van der Waals surface area contributed by atoms with Crippen LogP contribution in [0, 0.1) is 0 Å². The van der Waals surface area contributed by atoms with E-state index in [1.807, 2.05) is 36.4 Å². The van der Waals surface area contributed by atoms with E-state index in [-0.39, 0.29) is 37.1 Å². The molecule has 216 valence electrons. The van der Waals surface area contributed by atoms with Crippen molar-refractivity contribution in [3.63, 3.8) is 0 Å². The van der Waals surface area contributed by atoms with Gasteiger partial charge in [0.2, 0.25) is 17.6 Å². The molecule has 1 aliphatic heterocycles. The van der Waals surface area contributed by atoms with E-state index in [2.05, 4.69) is 39.7 Å². The lowest BCUT2D eigenvalue weighted by atomic mass is 10.1. The van der Waals surface area contributed by atoms with Crippen LogP contribution in [0.15, 0.2) is 48.7 Å². The van der Waals surface area contributed by atoms with Crippen molar-refractivity contribution in [3.05, 3.63) is 65.6 Å². The lowest BCUT2D eigenvalue weighted by Gasteiger charge is -2.09. The number of rotatable bonds is 19. The van der Waals surface area contributed by atoms with Gasteiger partial charge in [-0.25, -0.2) is 0 Å². The highest BCUT2D eigenvalue weighted by Crippen LogP contribution is 2.22. The molecule has 0 saturated carbocycles. The first kappa shape index (κ1) is 31.0. The Morgan fingerprint density at radius 3 is 2.27 bits per heavy atom. The fourth-order valence-electron chi connectivity index (χ4n) is 4.45. The first-order valence-corrected chi connectivity index (χ1v) is 14.5. The number of ether oxygens (including phenoxy) is 1. The molecule has 3 rings (SSSR count). The van der Waals surface area contributed by atoms with E-state index >= 15 is 0 Å². The second-order valence-corrected chi connectivity index (χ2v) is 10.2. The molecule has 1 aromatic heterocycles. The molecule has 0 spiro atoms. The Balaban J connectivity index is 1.18. The van der Waals surface area contributed by atoms with Crippen LogP contribution in [0.4, 0.5) is 0 Å². The highest BCUT2D eigenvalue weighted by Gasteiger charge is 2.19. The van der Waals surface area contributed by atoms with Gasteiger partial charge in [0.15, 0.2) is 5.78 Å². The van der Waals surface area contributed by atoms with Crippen LogP contribution in [0.25, 0.3) is 0 Å². The summed E-state index contributed by atoms with van der Waals surface area (Å²) in [5.41, 5.74) is 3.28. The number of nitrogens with one attached hydrogen (secondary N) is 3. The first-order valence-electron chi connectivity index (χ1n) is 13.9. The molecule has 3 N–H and O–H groups in total. The third kappa shape index (κ3) is 10.2. The number of Topliss-reactive ketones (excluding diaryl/α,β-unsaturated/α-hetero) is 1. The number of benzene rings is 1. The number of aromatic nitrogens is 1. The number of ketones is 2. The predicted octanol–water partition coefficient (Wildman–Crippen LogP) is 3.22. The Morgan fingerprint density at radius 1 is 0.850 bits per heavy atom. The molecule has 2 heterocycles. The van der Waals surface area contributed by atoms with Gasteiger partial charge in [0.1, 0.15) is 5.75 Å². The third-order valence-electron chi connectivity index (χ3n) is 6.72. The van der Waals surface area contributed by atoms with Crippen LogP contribution >= 0.6 is 12.6 Å². The number of carbonyl (C=O) groups is 4. The molecule has 0 atom stereocenters. The normalized spacial score (nSPS) is 11.9. The van der Waals surface area contributed by atoms with Crippen LogP contribution in [0.1, 0.15) is 66.7 Å². The highest BCUT2D eigenvalue weighted by atomic mass is 32.1. The summed E-state index contributed by atoms with van der Waals surface area (Å²) in [5, 5.41) is 7.80. The standard InChI is InChI=1S/C30H40N4O5S/c1-22(21-40)31-19-28(36)33-20-29(37)32-18-25(35)9-5-3-2-4-6-17-39-26-13-10-23(11-14-26)30(38)27-15-12-24-8-7-16-34(24)27/h10-15,31,40H,1-9,16-21H2,(H,32,37)(H,33,36). The van der Waals surface area contributed by atoms with Crippen LogP contribution in [0.2, 0.25) is 0 Å². The number of aryl methyl sites for hydroxylation is 1. The second kappa shape index (κ2) is 16.5. The minimum atomic E-state index is -0.403. The molecule has 40 heavy (non-hydrogen) atoms. The summed E-state index contributed by atoms with van der Waals surface area (Å²) in [6, 6.07) is 11.3. The molecular formula is C30H40N4O5S. The van der Waals surface area contributed by atoms with Gasteiger partial charge in [-0.15, -0.1) is 0 Å². The molecule has 1 aromatic carbocycles. The highest BCUT2D eigenvalue weighted by molar-refractivity contribution is 7.80. The number of amides is 2. The third-order valence-corrected chi connectivity index (χ3v) is 7.10. The number of thiol groups is 1. The van der Waals surface area contributed by atoms with Crippen molar-refractivity contribution in [2.24, 2.45) is 0 Å². The van der Waals surface area contributed by atoms with Crippen LogP contribution in [0.5, 0.6) is 5.75 Å². The van der Waals surface area contributed by atoms with E-state index in [4.69, 9.17) is 4.74 Å². The predicted molar refractivity (Wildman–Crippen MR) is 158 cm³/mol. The van der Waals surface area contributed by atoms with Gasteiger partial charge >= 0.3 is 0 Å². The number of hydrogen-bond acceptors (Lipinski definition) is 7. The fourth-order valence-corrected chi connectivity index (χ4v) is 4.57. The van der Waals surface area contributed by atoms with Gasteiger partial charge in [-0.2, -0.15) is 12.6 Å². The summed E-state index contributed by atoms with van der Waals surface area (Å²) in [7, 11) is 0. The number of nitrogens with zero attached hydrogens (tertiary/aromatic N) is 1. The van der Waals surface area contributed by atoms with Crippen molar-refractivity contribution in [2.75, 3.05) is 32.0 Å².